The quantitative estimate of drug-likeness (QED) is 0.849. The molecule has 0 bridgehead atoms. The largest absolute Gasteiger partial charge is 0.354 e. The molecule has 0 unspecified atom stereocenters. The molecule has 1 fully saturated rings. The number of aryl methyl sites for hydroxylation is 1. The Bertz CT molecular complexity index is 659. The minimum atomic E-state index is 0.169. The van der Waals surface area contributed by atoms with Crippen LogP contribution in [0.1, 0.15) is 44.2 Å². The lowest BCUT2D eigenvalue weighted by atomic mass is 10.0. The number of nitrogens with one attached hydrogen (secondary N) is 1. The molecule has 3 rings (SSSR count). The van der Waals surface area contributed by atoms with Crippen molar-refractivity contribution >= 4 is 5.91 Å². The van der Waals surface area contributed by atoms with Crippen LogP contribution in [0.2, 0.25) is 0 Å². The number of hydrogen-bond donors (Lipinski definition) is 1. The van der Waals surface area contributed by atoms with Crippen LogP contribution >= 0.6 is 0 Å². The van der Waals surface area contributed by atoms with E-state index in [-0.39, 0.29) is 5.91 Å². The number of hydrogen-bond acceptors (Lipinski definition) is 3. The molecule has 0 saturated heterocycles. The van der Waals surface area contributed by atoms with Crippen molar-refractivity contribution in [3.63, 3.8) is 0 Å². The van der Waals surface area contributed by atoms with Crippen molar-refractivity contribution in [2.75, 3.05) is 6.54 Å². The molecular formula is C19H26N4O. The normalized spacial score (nSPS) is 14.9. The Labute approximate surface area is 143 Å². The van der Waals surface area contributed by atoms with Crippen LogP contribution in [0.25, 0.3) is 11.4 Å². The summed E-state index contributed by atoms with van der Waals surface area (Å²) in [5.74, 6) is 1.84. The van der Waals surface area contributed by atoms with E-state index in [0.717, 1.165) is 36.0 Å². The third-order valence-corrected chi connectivity index (χ3v) is 4.89. The van der Waals surface area contributed by atoms with Crippen LogP contribution in [0.5, 0.6) is 0 Å². The number of amides is 1. The Hall–Kier alpha value is -2.17. The van der Waals surface area contributed by atoms with Gasteiger partial charge in [-0.05, 0) is 31.4 Å². The molecule has 128 valence electrons. The third-order valence-electron chi connectivity index (χ3n) is 4.89. The molecule has 1 N–H and O–H groups in total. The number of aromatic nitrogens is 3. The van der Waals surface area contributed by atoms with E-state index in [4.69, 9.17) is 0 Å². The van der Waals surface area contributed by atoms with E-state index in [9.17, 15) is 4.79 Å². The summed E-state index contributed by atoms with van der Waals surface area (Å²) in [6.07, 6.45) is 12.4. The molecule has 2 aromatic heterocycles. The summed E-state index contributed by atoms with van der Waals surface area (Å²) in [4.78, 5) is 20.7. The number of imidazole rings is 1. The molecule has 0 radical (unpaired) electrons. The SMILES string of the molecule is Cc1cnc(-c2cccnc2)n1CCNC(=O)CCC1CCCC1. The van der Waals surface area contributed by atoms with Gasteiger partial charge in [0.05, 0.1) is 0 Å². The lowest BCUT2D eigenvalue weighted by molar-refractivity contribution is -0.121. The van der Waals surface area contributed by atoms with Gasteiger partial charge in [-0.3, -0.25) is 9.78 Å². The van der Waals surface area contributed by atoms with Gasteiger partial charge in [-0.2, -0.15) is 0 Å². The standard InChI is InChI=1S/C19H26N4O/c1-15-13-22-19(17-7-4-10-20-14-17)23(15)12-11-21-18(24)9-8-16-5-2-3-6-16/h4,7,10,13-14,16H,2-3,5-6,8-9,11-12H2,1H3,(H,21,24). The van der Waals surface area contributed by atoms with E-state index in [1.807, 2.05) is 31.5 Å². The molecule has 0 aromatic carbocycles. The maximum atomic E-state index is 12.0. The van der Waals surface area contributed by atoms with E-state index in [1.54, 1.807) is 6.20 Å². The Kier molecular flexibility index (Phi) is 5.62. The Balaban J connectivity index is 1.50. The average Bonchev–Trinajstić information content (AvgIpc) is 3.24. The topological polar surface area (TPSA) is 59.8 Å². The van der Waals surface area contributed by atoms with E-state index < -0.39 is 0 Å². The second-order valence-electron chi connectivity index (χ2n) is 6.66. The van der Waals surface area contributed by atoms with Crippen LogP contribution in [-0.4, -0.2) is 27.0 Å². The summed E-state index contributed by atoms with van der Waals surface area (Å²) in [6.45, 7) is 3.40. The first-order chi connectivity index (χ1) is 11.7. The van der Waals surface area contributed by atoms with Gasteiger partial charge in [-0.25, -0.2) is 4.98 Å². The number of carbonyl (C=O) groups excluding carboxylic acids is 1. The fourth-order valence-electron chi connectivity index (χ4n) is 3.50. The van der Waals surface area contributed by atoms with E-state index >= 15 is 0 Å². The van der Waals surface area contributed by atoms with Gasteiger partial charge in [0.2, 0.25) is 5.91 Å². The minimum absolute atomic E-state index is 0.169. The van der Waals surface area contributed by atoms with Crippen molar-refractivity contribution in [2.45, 2.75) is 52.0 Å². The van der Waals surface area contributed by atoms with Crippen LogP contribution in [-0.2, 0) is 11.3 Å². The molecule has 1 amide bonds. The zero-order chi connectivity index (χ0) is 16.8. The number of rotatable bonds is 7. The van der Waals surface area contributed by atoms with Crippen molar-refractivity contribution in [3.05, 3.63) is 36.4 Å². The zero-order valence-corrected chi connectivity index (χ0v) is 14.4. The lowest BCUT2D eigenvalue weighted by Crippen LogP contribution is -2.27. The molecular weight excluding hydrogens is 300 g/mol. The van der Waals surface area contributed by atoms with Crippen molar-refractivity contribution in [2.24, 2.45) is 5.92 Å². The van der Waals surface area contributed by atoms with Crippen molar-refractivity contribution in [3.8, 4) is 11.4 Å². The number of pyridine rings is 1. The van der Waals surface area contributed by atoms with Crippen LogP contribution in [0.15, 0.2) is 30.7 Å². The Morgan fingerprint density at radius 2 is 2.17 bits per heavy atom. The smallest absolute Gasteiger partial charge is 0.220 e. The first-order valence-electron chi connectivity index (χ1n) is 8.93. The van der Waals surface area contributed by atoms with Gasteiger partial charge in [-0.15, -0.1) is 0 Å². The maximum Gasteiger partial charge on any atom is 0.220 e. The summed E-state index contributed by atoms with van der Waals surface area (Å²) < 4.78 is 2.13. The lowest BCUT2D eigenvalue weighted by Gasteiger charge is -2.12. The fraction of sp³-hybridized carbons (Fsp3) is 0.526. The van der Waals surface area contributed by atoms with E-state index in [0.29, 0.717) is 13.0 Å². The highest BCUT2D eigenvalue weighted by molar-refractivity contribution is 5.75. The van der Waals surface area contributed by atoms with Crippen molar-refractivity contribution in [1.82, 2.24) is 19.9 Å². The minimum Gasteiger partial charge on any atom is -0.354 e. The molecule has 1 aliphatic carbocycles. The molecule has 24 heavy (non-hydrogen) atoms. The van der Waals surface area contributed by atoms with Gasteiger partial charge >= 0.3 is 0 Å². The van der Waals surface area contributed by atoms with Gasteiger partial charge in [0.1, 0.15) is 5.82 Å². The summed E-state index contributed by atoms with van der Waals surface area (Å²) in [7, 11) is 0. The van der Waals surface area contributed by atoms with Gasteiger partial charge in [0.25, 0.3) is 0 Å². The summed E-state index contributed by atoms with van der Waals surface area (Å²) in [5, 5.41) is 3.05. The molecule has 5 heteroatoms. The molecule has 1 aliphatic rings. The van der Waals surface area contributed by atoms with Gasteiger partial charge < -0.3 is 9.88 Å². The fourth-order valence-corrected chi connectivity index (χ4v) is 3.50. The molecule has 0 spiro atoms. The van der Waals surface area contributed by atoms with Gasteiger partial charge in [0, 0.05) is 49.4 Å². The highest BCUT2D eigenvalue weighted by atomic mass is 16.1. The number of carbonyl (C=O) groups is 1. The molecule has 5 nitrogen and oxygen atoms in total. The predicted octanol–water partition coefficient (Wildman–Crippen LogP) is 3.34. The number of nitrogens with zero attached hydrogens (tertiary/aromatic N) is 3. The average molecular weight is 326 g/mol. The van der Waals surface area contributed by atoms with Gasteiger partial charge in [-0.1, -0.05) is 25.7 Å². The summed E-state index contributed by atoms with van der Waals surface area (Å²) in [6, 6.07) is 3.92. The first kappa shape index (κ1) is 16.7. The van der Waals surface area contributed by atoms with Crippen LogP contribution in [0.4, 0.5) is 0 Å². The summed E-state index contributed by atoms with van der Waals surface area (Å²) in [5.41, 5.74) is 2.09. The van der Waals surface area contributed by atoms with Crippen molar-refractivity contribution < 1.29 is 4.79 Å². The van der Waals surface area contributed by atoms with E-state index in [1.165, 1.54) is 25.7 Å². The Morgan fingerprint density at radius 1 is 1.33 bits per heavy atom. The monoisotopic (exact) mass is 326 g/mol. The van der Waals surface area contributed by atoms with Crippen LogP contribution in [0, 0.1) is 12.8 Å². The van der Waals surface area contributed by atoms with Gasteiger partial charge in [0.15, 0.2) is 0 Å². The third kappa shape index (κ3) is 4.22. The molecule has 2 aromatic rings. The molecule has 0 aliphatic heterocycles. The second kappa shape index (κ2) is 8.08. The summed E-state index contributed by atoms with van der Waals surface area (Å²) >= 11 is 0. The Morgan fingerprint density at radius 3 is 2.92 bits per heavy atom. The highest BCUT2D eigenvalue weighted by Crippen LogP contribution is 2.28. The highest BCUT2D eigenvalue weighted by Gasteiger charge is 2.16. The molecule has 0 atom stereocenters. The zero-order valence-electron chi connectivity index (χ0n) is 14.4. The second-order valence-corrected chi connectivity index (χ2v) is 6.66. The van der Waals surface area contributed by atoms with E-state index in [2.05, 4.69) is 19.9 Å². The van der Waals surface area contributed by atoms with Crippen molar-refractivity contribution in [1.29, 1.82) is 0 Å². The first-order valence-corrected chi connectivity index (χ1v) is 8.93. The maximum absolute atomic E-state index is 12.0. The molecule has 2 heterocycles. The predicted molar refractivity (Wildman–Crippen MR) is 94.4 cm³/mol. The van der Waals surface area contributed by atoms with Crippen LogP contribution in [0.3, 0.4) is 0 Å². The molecule has 1 saturated carbocycles. The van der Waals surface area contributed by atoms with Crippen LogP contribution < -0.4 is 5.32 Å².